The Bertz CT molecular complexity index is 598. The summed E-state index contributed by atoms with van der Waals surface area (Å²) in [6.45, 7) is 12.8. The van der Waals surface area contributed by atoms with Crippen LogP contribution in [-0.2, 0) is 14.3 Å². The van der Waals surface area contributed by atoms with E-state index in [0.29, 0.717) is 30.8 Å². The van der Waals surface area contributed by atoms with Crippen LogP contribution in [0.25, 0.3) is 0 Å². The Morgan fingerprint density at radius 3 is 2.33 bits per heavy atom. The lowest BCUT2D eigenvalue weighted by atomic mass is 9.40. The highest BCUT2D eigenvalue weighted by atomic mass is 16.7. The molecule has 0 unspecified atom stereocenters. The second-order valence-electron chi connectivity index (χ2n) is 9.69. The maximum Gasteiger partial charge on any atom is 0.173 e. The van der Waals surface area contributed by atoms with E-state index >= 15 is 0 Å². The van der Waals surface area contributed by atoms with Crippen molar-refractivity contribution in [3.8, 4) is 0 Å². The molecule has 24 heavy (non-hydrogen) atoms. The molecule has 3 aliphatic carbocycles. The van der Waals surface area contributed by atoms with Crippen LogP contribution in [0, 0.1) is 28.1 Å². The van der Waals surface area contributed by atoms with Crippen molar-refractivity contribution >= 4 is 5.78 Å². The van der Waals surface area contributed by atoms with E-state index < -0.39 is 5.79 Å². The van der Waals surface area contributed by atoms with Gasteiger partial charge >= 0.3 is 0 Å². The van der Waals surface area contributed by atoms with E-state index in [1.54, 1.807) is 0 Å². The van der Waals surface area contributed by atoms with Crippen LogP contribution in [0.3, 0.4) is 0 Å². The first kappa shape index (κ1) is 16.8. The zero-order valence-corrected chi connectivity index (χ0v) is 15.9. The third kappa shape index (κ3) is 1.83. The highest BCUT2D eigenvalue weighted by Crippen LogP contribution is 2.69. The van der Waals surface area contributed by atoms with E-state index in [9.17, 15) is 4.79 Å². The summed E-state index contributed by atoms with van der Waals surface area (Å²) in [7, 11) is 0. The molecular weight excluding hydrogens is 300 g/mol. The molecule has 0 aromatic rings. The SMILES string of the molecule is CC1=CC[C@@H]2[C@@]3(C)CCC4(OCCO4)C(C)(C)[C@@H]3CC[C@@]2(C)C1=O. The minimum absolute atomic E-state index is 0.0168. The van der Waals surface area contributed by atoms with Gasteiger partial charge in [0.05, 0.1) is 13.2 Å². The summed E-state index contributed by atoms with van der Waals surface area (Å²) < 4.78 is 12.4. The molecule has 1 heterocycles. The fourth-order valence-electron chi connectivity index (χ4n) is 7.08. The fourth-order valence-corrected chi connectivity index (χ4v) is 7.08. The predicted molar refractivity (Wildman–Crippen MR) is 93.5 cm³/mol. The quantitative estimate of drug-likeness (QED) is 0.655. The third-order valence-electron chi connectivity index (χ3n) is 8.45. The molecular formula is C21H32O3. The van der Waals surface area contributed by atoms with Crippen LogP contribution in [0.4, 0.5) is 0 Å². The van der Waals surface area contributed by atoms with Crippen molar-refractivity contribution in [2.45, 2.75) is 72.5 Å². The van der Waals surface area contributed by atoms with E-state index in [2.05, 4.69) is 33.8 Å². The van der Waals surface area contributed by atoms with Gasteiger partial charge in [0.2, 0.25) is 0 Å². The van der Waals surface area contributed by atoms with Gasteiger partial charge in [-0.1, -0.05) is 33.8 Å². The summed E-state index contributed by atoms with van der Waals surface area (Å²) in [5.41, 5.74) is 0.966. The summed E-state index contributed by atoms with van der Waals surface area (Å²) in [5.74, 6) is 0.965. The van der Waals surface area contributed by atoms with Crippen LogP contribution in [0.15, 0.2) is 11.6 Å². The predicted octanol–water partition coefficient (Wildman–Crippen LogP) is 4.51. The van der Waals surface area contributed by atoms with E-state index in [1.807, 2.05) is 6.92 Å². The first-order valence-corrected chi connectivity index (χ1v) is 9.67. The second kappa shape index (κ2) is 4.94. The molecule has 0 N–H and O–H groups in total. The molecule has 0 aromatic carbocycles. The Morgan fingerprint density at radius 2 is 1.67 bits per heavy atom. The summed E-state index contributed by atoms with van der Waals surface area (Å²) in [5, 5.41) is 0. The van der Waals surface area contributed by atoms with Gasteiger partial charge in [0.25, 0.3) is 0 Å². The van der Waals surface area contributed by atoms with Gasteiger partial charge in [0.1, 0.15) is 0 Å². The van der Waals surface area contributed by atoms with Crippen molar-refractivity contribution in [1.29, 1.82) is 0 Å². The molecule has 0 aromatic heterocycles. The lowest BCUT2D eigenvalue weighted by Gasteiger charge is -2.66. The average molecular weight is 332 g/mol. The molecule has 0 bridgehead atoms. The lowest BCUT2D eigenvalue weighted by Crippen LogP contribution is -2.64. The van der Waals surface area contributed by atoms with Crippen LogP contribution in [0.5, 0.6) is 0 Å². The summed E-state index contributed by atoms with van der Waals surface area (Å²) in [6, 6.07) is 0. The van der Waals surface area contributed by atoms with Crippen molar-refractivity contribution in [2.24, 2.45) is 28.1 Å². The number of carbonyl (C=O) groups excluding carboxylic acids is 1. The lowest BCUT2D eigenvalue weighted by molar-refractivity contribution is -0.300. The van der Waals surface area contributed by atoms with Crippen molar-refractivity contribution in [2.75, 3.05) is 13.2 Å². The highest BCUT2D eigenvalue weighted by Gasteiger charge is 2.67. The normalized spacial score (nSPS) is 46.4. The second-order valence-corrected chi connectivity index (χ2v) is 9.69. The van der Waals surface area contributed by atoms with Crippen LogP contribution in [0.2, 0.25) is 0 Å². The molecule has 4 aliphatic rings. The van der Waals surface area contributed by atoms with Gasteiger partial charge in [0.15, 0.2) is 11.6 Å². The van der Waals surface area contributed by atoms with Gasteiger partial charge in [-0.3, -0.25) is 4.79 Å². The molecule has 0 amide bonds. The minimum atomic E-state index is -0.407. The molecule has 1 saturated heterocycles. The summed E-state index contributed by atoms with van der Waals surface area (Å²) >= 11 is 0. The zero-order chi connectivity index (χ0) is 17.4. The molecule has 1 spiro atoms. The number of ether oxygens (including phenoxy) is 2. The maximum absolute atomic E-state index is 13.0. The van der Waals surface area contributed by atoms with Crippen LogP contribution >= 0.6 is 0 Å². The van der Waals surface area contributed by atoms with Crippen molar-refractivity contribution < 1.29 is 14.3 Å². The molecule has 4 rings (SSSR count). The van der Waals surface area contributed by atoms with Gasteiger partial charge in [-0.25, -0.2) is 0 Å². The number of Topliss-reactive ketones (excluding diaryl/α,β-unsaturated/α-hetero) is 1. The summed E-state index contributed by atoms with van der Waals surface area (Å²) in [4.78, 5) is 13.0. The van der Waals surface area contributed by atoms with E-state index in [-0.39, 0.29) is 16.2 Å². The molecule has 1 aliphatic heterocycles. The fraction of sp³-hybridized carbons (Fsp3) is 0.857. The van der Waals surface area contributed by atoms with Gasteiger partial charge in [-0.2, -0.15) is 0 Å². The average Bonchev–Trinajstić information content (AvgIpc) is 3.00. The van der Waals surface area contributed by atoms with Crippen molar-refractivity contribution in [1.82, 2.24) is 0 Å². The van der Waals surface area contributed by atoms with Gasteiger partial charge in [-0.05, 0) is 55.4 Å². The molecule has 3 nitrogen and oxygen atoms in total. The Kier molecular flexibility index (Phi) is 3.46. The topological polar surface area (TPSA) is 35.5 Å². The largest absolute Gasteiger partial charge is 0.347 e. The first-order valence-electron chi connectivity index (χ1n) is 9.67. The third-order valence-corrected chi connectivity index (χ3v) is 8.45. The molecule has 0 radical (unpaired) electrons. The van der Waals surface area contributed by atoms with Crippen LogP contribution in [0.1, 0.15) is 66.7 Å². The first-order chi connectivity index (χ1) is 11.2. The van der Waals surface area contributed by atoms with Crippen molar-refractivity contribution in [3.63, 3.8) is 0 Å². The van der Waals surface area contributed by atoms with E-state index in [4.69, 9.17) is 9.47 Å². The highest BCUT2D eigenvalue weighted by molar-refractivity contribution is 6.00. The number of rotatable bonds is 0. The number of ketones is 1. The zero-order valence-electron chi connectivity index (χ0n) is 15.9. The number of allylic oxidation sites excluding steroid dienone is 2. The minimum Gasteiger partial charge on any atom is -0.347 e. The Balaban J connectivity index is 1.75. The van der Waals surface area contributed by atoms with Gasteiger partial charge in [0, 0.05) is 17.3 Å². The Labute approximate surface area is 146 Å². The Hall–Kier alpha value is -0.670. The van der Waals surface area contributed by atoms with E-state index in [0.717, 1.165) is 37.7 Å². The molecule has 3 heteroatoms. The maximum atomic E-state index is 13.0. The monoisotopic (exact) mass is 332 g/mol. The standard InChI is InChI=1S/C21H32O3/c1-14-6-7-16-19(4)10-11-21(23-12-13-24-21)18(2,3)15(19)8-9-20(16,5)17(14)22/h6,15-16H,7-13H2,1-5H3/t15-,16+,19-,20+/m0/s1. The Morgan fingerprint density at radius 1 is 1.00 bits per heavy atom. The number of hydrogen-bond donors (Lipinski definition) is 0. The molecule has 2 saturated carbocycles. The number of carbonyl (C=O) groups is 1. The smallest absolute Gasteiger partial charge is 0.173 e. The van der Waals surface area contributed by atoms with E-state index in [1.165, 1.54) is 0 Å². The van der Waals surface area contributed by atoms with Gasteiger partial charge < -0.3 is 9.47 Å². The van der Waals surface area contributed by atoms with Gasteiger partial charge in [-0.15, -0.1) is 0 Å². The molecule has 3 fully saturated rings. The van der Waals surface area contributed by atoms with Crippen molar-refractivity contribution in [3.05, 3.63) is 11.6 Å². The molecule has 4 atom stereocenters. The number of fused-ring (bicyclic) bond motifs is 3. The van der Waals surface area contributed by atoms with Crippen LogP contribution in [-0.4, -0.2) is 24.8 Å². The van der Waals surface area contributed by atoms with Crippen LogP contribution < -0.4 is 0 Å². The summed E-state index contributed by atoms with van der Waals surface area (Å²) in [6.07, 6.45) is 7.40. The molecule has 134 valence electrons. The number of hydrogen-bond acceptors (Lipinski definition) is 3.